The summed E-state index contributed by atoms with van der Waals surface area (Å²) >= 11 is 7.45. The normalized spacial score (nSPS) is 21.8. The maximum absolute atomic E-state index is 3.51. The highest BCUT2D eigenvalue weighted by Gasteiger charge is 2.26. The van der Waals surface area contributed by atoms with Gasteiger partial charge in [0, 0.05) is 44.9 Å². The van der Waals surface area contributed by atoms with Crippen LogP contribution < -0.4 is 0 Å². The lowest BCUT2D eigenvalue weighted by molar-refractivity contribution is 0.254. The molecule has 0 aliphatic carbocycles. The molecule has 1 aromatic heterocycles. The van der Waals surface area contributed by atoms with Crippen molar-refractivity contribution in [3.8, 4) is 0 Å². The van der Waals surface area contributed by atoms with Gasteiger partial charge in [-0.05, 0) is 35.8 Å². The van der Waals surface area contributed by atoms with Crippen molar-refractivity contribution in [1.82, 2.24) is 4.90 Å². The Morgan fingerprint density at radius 1 is 1.53 bits per heavy atom. The van der Waals surface area contributed by atoms with Gasteiger partial charge in [0.25, 0.3) is 0 Å². The van der Waals surface area contributed by atoms with Crippen molar-refractivity contribution < 1.29 is 0 Å². The van der Waals surface area contributed by atoms with Gasteiger partial charge in [-0.1, -0.05) is 0 Å². The van der Waals surface area contributed by atoms with Crippen LogP contribution in [0.1, 0.15) is 18.7 Å². The van der Waals surface area contributed by atoms with E-state index >= 15 is 0 Å². The summed E-state index contributed by atoms with van der Waals surface area (Å²) < 4.78 is 1.64. The zero-order valence-electron chi connectivity index (χ0n) is 9.12. The van der Waals surface area contributed by atoms with Gasteiger partial charge in [-0.15, -0.1) is 11.3 Å². The van der Waals surface area contributed by atoms with E-state index in [2.05, 4.69) is 57.9 Å². The van der Waals surface area contributed by atoms with Crippen molar-refractivity contribution in [2.75, 3.05) is 18.8 Å². The Bertz CT molecular complexity index is 335. The second-order valence-electron chi connectivity index (χ2n) is 4.55. The molecule has 0 amide bonds. The molecular formula is C11H16BrNS2. The van der Waals surface area contributed by atoms with Crippen molar-refractivity contribution in [1.29, 1.82) is 0 Å². The first-order valence-corrected chi connectivity index (χ1v) is 7.80. The quantitative estimate of drug-likeness (QED) is 0.817. The van der Waals surface area contributed by atoms with E-state index in [1.807, 2.05) is 11.3 Å². The highest BCUT2D eigenvalue weighted by atomic mass is 79.9. The fourth-order valence-corrected chi connectivity index (χ4v) is 4.57. The lowest BCUT2D eigenvalue weighted by atomic mass is 10.2. The largest absolute Gasteiger partial charge is 0.296 e. The van der Waals surface area contributed by atoms with Gasteiger partial charge in [-0.25, -0.2) is 0 Å². The average molecular weight is 306 g/mol. The Labute approximate surface area is 108 Å². The van der Waals surface area contributed by atoms with Gasteiger partial charge in [-0.3, -0.25) is 4.90 Å². The van der Waals surface area contributed by atoms with Gasteiger partial charge in [0.1, 0.15) is 0 Å². The standard InChI is InChI=1S/C11H16BrNS2/c1-11(2)8-13(3-4-15-11)6-10-5-9(12)7-14-10/h5,7H,3-4,6,8H2,1-2H3. The van der Waals surface area contributed by atoms with Crippen LogP contribution in [0.2, 0.25) is 0 Å². The second-order valence-corrected chi connectivity index (χ2v) is 8.26. The topological polar surface area (TPSA) is 3.24 Å². The first kappa shape index (κ1) is 12.0. The van der Waals surface area contributed by atoms with Gasteiger partial charge in [0.15, 0.2) is 0 Å². The third-order valence-corrected chi connectivity index (χ3v) is 5.49. The number of nitrogens with zero attached hydrogens (tertiary/aromatic N) is 1. The highest BCUT2D eigenvalue weighted by Crippen LogP contribution is 2.31. The Morgan fingerprint density at radius 3 is 2.93 bits per heavy atom. The molecule has 1 aromatic rings. The molecule has 0 spiro atoms. The Morgan fingerprint density at radius 2 is 2.33 bits per heavy atom. The first-order valence-electron chi connectivity index (χ1n) is 5.14. The molecule has 4 heteroatoms. The number of rotatable bonds is 2. The van der Waals surface area contributed by atoms with Crippen molar-refractivity contribution in [2.45, 2.75) is 25.1 Å². The average Bonchev–Trinajstić information content (AvgIpc) is 2.49. The molecule has 0 aromatic carbocycles. The van der Waals surface area contributed by atoms with E-state index < -0.39 is 0 Å². The summed E-state index contributed by atoms with van der Waals surface area (Å²) in [5.74, 6) is 1.26. The van der Waals surface area contributed by atoms with Gasteiger partial charge in [0.2, 0.25) is 0 Å². The molecule has 84 valence electrons. The fourth-order valence-electron chi connectivity index (χ4n) is 1.91. The molecule has 1 aliphatic rings. The van der Waals surface area contributed by atoms with Gasteiger partial charge < -0.3 is 0 Å². The van der Waals surface area contributed by atoms with E-state index in [1.165, 1.54) is 28.2 Å². The summed E-state index contributed by atoms with van der Waals surface area (Å²) in [7, 11) is 0. The molecule has 0 N–H and O–H groups in total. The van der Waals surface area contributed by atoms with Crippen LogP contribution in [0.3, 0.4) is 0 Å². The van der Waals surface area contributed by atoms with E-state index in [9.17, 15) is 0 Å². The first-order chi connectivity index (χ1) is 7.05. The minimum absolute atomic E-state index is 0.423. The van der Waals surface area contributed by atoms with Crippen LogP contribution in [0.25, 0.3) is 0 Å². The van der Waals surface area contributed by atoms with Crippen LogP contribution in [0.4, 0.5) is 0 Å². The van der Waals surface area contributed by atoms with Gasteiger partial charge in [0.05, 0.1) is 0 Å². The van der Waals surface area contributed by atoms with Gasteiger partial charge in [-0.2, -0.15) is 11.8 Å². The molecule has 0 unspecified atom stereocenters. The fraction of sp³-hybridized carbons (Fsp3) is 0.636. The van der Waals surface area contributed by atoms with Crippen molar-refractivity contribution in [3.63, 3.8) is 0 Å². The number of halogens is 1. The third-order valence-electron chi connectivity index (χ3n) is 2.51. The van der Waals surface area contributed by atoms with E-state index in [0.29, 0.717) is 4.75 Å². The van der Waals surface area contributed by atoms with Crippen LogP contribution in [-0.4, -0.2) is 28.5 Å². The molecule has 2 heterocycles. The van der Waals surface area contributed by atoms with Crippen molar-refractivity contribution >= 4 is 39.0 Å². The maximum atomic E-state index is 3.51. The summed E-state index contributed by atoms with van der Waals surface area (Å²) in [6, 6.07) is 2.24. The number of hydrogen-bond acceptors (Lipinski definition) is 3. The van der Waals surface area contributed by atoms with E-state index in [-0.39, 0.29) is 0 Å². The zero-order chi connectivity index (χ0) is 10.9. The van der Waals surface area contributed by atoms with Crippen molar-refractivity contribution in [2.24, 2.45) is 0 Å². The zero-order valence-corrected chi connectivity index (χ0v) is 12.3. The van der Waals surface area contributed by atoms with Crippen LogP contribution in [0, 0.1) is 0 Å². The summed E-state index contributed by atoms with van der Waals surface area (Å²) in [5, 5.41) is 2.17. The highest BCUT2D eigenvalue weighted by molar-refractivity contribution is 9.10. The summed E-state index contributed by atoms with van der Waals surface area (Å²) in [6.45, 7) is 8.22. The number of hydrogen-bond donors (Lipinski definition) is 0. The maximum Gasteiger partial charge on any atom is 0.0329 e. The molecule has 1 fully saturated rings. The molecule has 0 radical (unpaired) electrons. The smallest absolute Gasteiger partial charge is 0.0329 e. The molecule has 1 nitrogen and oxygen atoms in total. The van der Waals surface area contributed by atoms with E-state index in [1.54, 1.807) is 0 Å². The summed E-state index contributed by atoms with van der Waals surface area (Å²) in [4.78, 5) is 4.03. The monoisotopic (exact) mass is 305 g/mol. The molecule has 15 heavy (non-hydrogen) atoms. The second kappa shape index (κ2) is 4.78. The lowest BCUT2D eigenvalue weighted by Gasteiger charge is -2.37. The molecule has 2 rings (SSSR count). The molecule has 1 saturated heterocycles. The van der Waals surface area contributed by atoms with Crippen LogP contribution in [0.5, 0.6) is 0 Å². The number of thiophene rings is 1. The molecule has 0 atom stereocenters. The predicted molar refractivity (Wildman–Crippen MR) is 73.8 cm³/mol. The Kier molecular flexibility index (Phi) is 3.81. The SMILES string of the molecule is CC1(C)CN(Cc2cc(Br)cs2)CCS1. The lowest BCUT2D eigenvalue weighted by Crippen LogP contribution is -2.42. The van der Waals surface area contributed by atoms with E-state index in [0.717, 1.165) is 6.54 Å². The van der Waals surface area contributed by atoms with Crippen molar-refractivity contribution in [3.05, 3.63) is 20.8 Å². The molecule has 0 saturated carbocycles. The number of thioether (sulfide) groups is 1. The predicted octanol–water partition coefficient (Wildman–Crippen LogP) is 3.84. The van der Waals surface area contributed by atoms with Crippen LogP contribution in [0.15, 0.2) is 15.9 Å². The van der Waals surface area contributed by atoms with Gasteiger partial charge >= 0.3 is 0 Å². The Hall–Kier alpha value is 0.490. The summed E-state index contributed by atoms with van der Waals surface area (Å²) in [5.41, 5.74) is 0. The van der Waals surface area contributed by atoms with E-state index in [4.69, 9.17) is 0 Å². The minimum Gasteiger partial charge on any atom is -0.296 e. The minimum atomic E-state index is 0.423. The molecular weight excluding hydrogens is 290 g/mol. The third kappa shape index (κ3) is 3.48. The Balaban J connectivity index is 1.95. The van der Waals surface area contributed by atoms with Crippen LogP contribution in [-0.2, 0) is 6.54 Å². The molecule has 1 aliphatic heterocycles. The van der Waals surface area contributed by atoms with Crippen LogP contribution >= 0.6 is 39.0 Å². The molecule has 0 bridgehead atoms. The summed E-state index contributed by atoms with van der Waals surface area (Å²) in [6.07, 6.45) is 0.